The number of likely N-dealkylation sites (tertiary alicyclic amines) is 1. The molecular formula is C20H22N2O3. The van der Waals surface area contributed by atoms with Gasteiger partial charge in [-0.15, -0.1) is 0 Å². The van der Waals surface area contributed by atoms with E-state index < -0.39 is 0 Å². The first-order valence-corrected chi connectivity index (χ1v) is 8.39. The van der Waals surface area contributed by atoms with Crippen LogP contribution in [0.5, 0.6) is 5.75 Å². The lowest BCUT2D eigenvalue weighted by molar-refractivity contribution is -0.125. The molecule has 1 aromatic carbocycles. The smallest absolute Gasteiger partial charge is 0.254 e. The van der Waals surface area contributed by atoms with Crippen LogP contribution in [-0.2, 0) is 11.8 Å². The number of pyridine rings is 1. The van der Waals surface area contributed by atoms with Crippen LogP contribution in [0.3, 0.4) is 0 Å². The highest BCUT2D eigenvalue weighted by Gasteiger charge is 2.26. The number of hydrogen-bond donors (Lipinski definition) is 0. The molecule has 0 bridgehead atoms. The van der Waals surface area contributed by atoms with Crippen LogP contribution >= 0.6 is 0 Å². The van der Waals surface area contributed by atoms with Crippen LogP contribution in [0.1, 0.15) is 17.7 Å². The summed E-state index contributed by atoms with van der Waals surface area (Å²) < 4.78 is 7.48. The number of amides is 1. The van der Waals surface area contributed by atoms with Crippen molar-refractivity contribution in [3.63, 3.8) is 0 Å². The quantitative estimate of drug-likeness (QED) is 0.805. The van der Waals surface area contributed by atoms with Gasteiger partial charge >= 0.3 is 0 Å². The predicted octanol–water partition coefficient (Wildman–Crippen LogP) is 2.39. The Morgan fingerprint density at radius 2 is 2.00 bits per heavy atom. The minimum atomic E-state index is -0.0910. The third-order valence-electron chi connectivity index (χ3n) is 4.45. The van der Waals surface area contributed by atoms with Crippen molar-refractivity contribution >= 4 is 12.0 Å². The van der Waals surface area contributed by atoms with Crippen molar-refractivity contribution < 1.29 is 9.53 Å². The first-order valence-electron chi connectivity index (χ1n) is 8.39. The summed E-state index contributed by atoms with van der Waals surface area (Å²) in [5.41, 5.74) is 1.75. The van der Waals surface area contributed by atoms with E-state index in [4.69, 9.17) is 4.74 Å². The highest BCUT2D eigenvalue weighted by molar-refractivity contribution is 5.92. The third-order valence-corrected chi connectivity index (χ3v) is 4.45. The largest absolute Gasteiger partial charge is 0.488 e. The monoisotopic (exact) mass is 338 g/mol. The van der Waals surface area contributed by atoms with Gasteiger partial charge in [-0.2, -0.15) is 0 Å². The van der Waals surface area contributed by atoms with E-state index in [0.717, 1.165) is 17.7 Å². The molecule has 2 heterocycles. The van der Waals surface area contributed by atoms with E-state index in [2.05, 4.69) is 0 Å². The molecule has 1 atom stereocenters. The average molecular weight is 338 g/mol. The van der Waals surface area contributed by atoms with Crippen molar-refractivity contribution in [2.75, 3.05) is 13.1 Å². The number of carbonyl (C=O) groups is 1. The maximum Gasteiger partial charge on any atom is 0.254 e. The fourth-order valence-corrected chi connectivity index (χ4v) is 2.86. The molecule has 25 heavy (non-hydrogen) atoms. The molecule has 0 radical (unpaired) electrons. The molecule has 1 fully saturated rings. The summed E-state index contributed by atoms with van der Waals surface area (Å²) in [6.45, 7) is 3.06. The van der Waals surface area contributed by atoms with Gasteiger partial charge in [0.15, 0.2) is 0 Å². The first-order chi connectivity index (χ1) is 12.0. The van der Waals surface area contributed by atoms with Gasteiger partial charge in [-0.1, -0.05) is 30.3 Å². The van der Waals surface area contributed by atoms with E-state index >= 15 is 0 Å². The maximum atomic E-state index is 12.3. The van der Waals surface area contributed by atoms with E-state index in [0.29, 0.717) is 18.8 Å². The van der Waals surface area contributed by atoms with Crippen molar-refractivity contribution in [3.8, 4) is 5.75 Å². The molecule has 1 aliphatic rings. The topological polar surface area (TPSA) is 51.5 Å². The van der Waals surface area contributed by atoms with Gasteiger partial charge in [0.05, 0.1) is 6.54 Å². The predicted molar refractivity (Wildman–Crippen MR) is 97.5 cm³/mol. The summed E-state index contributed by atoms with van der Waals surface area (Å²) >= 11 is 0. The molecule has 1 saturated heterocycles. The molecule has 1 amide bonds. The van der Waals surface area contributed by atoms with E-state index in [1.54, 1.807) is 22.6 Å². The lowest BCUT2D eigenvalue weighted by Gasteiger charge is -2.16. The Balaban J connectivity index is 1.59. The van der Waals surface area contributed by atoms with Gasteiger partial charge in [-0.3, -0.25) is 9.59 Å². The summed E-state index contributed by atoms with van der Waals surface area (Å²) in [4.78, 5) is 25.9. The minimum absolute atomic E-state index is 0.0184. The van der Waals surface area contributed by atoms with E-state index in [1.165, 1.54) is 6.07 Å². The Hall–Kier alpha value is -2.82. The second-order valence-corrected chi connectivity index (χ2v) is 6.29. The van der Waals surface area contributed by atoms with Crippen LogP contribution in [-0.4, -0.2) is 34.6 Å². The van der Waals surface area contributed by atoms with Crippen LogP contribution in [0.2, 0.25) is 0 Å². The molecule has 130 valence electrons. The number of nitrogens with zero attached hydrogens (tertiary/aromatic N) is 2. The molecule has 0 saturated carbocycles. The average Bonchev–Trinajstić information content (AvgIpc) is 3.07. The van der Waals surface area contributed by atoms with Gasteiger partial charge in [0.25, 0.3) is 5.56 Å². The van der Waals surface area contributed by atoms with Crippen LogP contribution in [0.15, 0.2) is 53.3 Å². The molecule has 1 aromatic heterocycles. The third kappa shape index (κ3) is 4.18. The zero-order valence-electron chi connectivity index (χ0n) is 14.5. The van der Waals surface area contributed by atoms with Crippen LogP contribution < -0.4 is 10.3 Å². The zero-order valence-corrected chi connectivity index (χ0v) is 14.5. The summed E-state index contributed by atoms with van der Waals surface area (Å²) in [6.07, 6.45) is 4.10. The number of rotatable bonds is 4. The van der Waals surface area contributed by atoms with Crippen molar-refractivity contribution in [3.05, 3.63) is 70.2 Å². The van der Waals surface area contributed by atoms with Gasteiger partial charge in [-0.25, -0.2) is 0 Å². The maximum absolute atomic E-state index is 12.3. The van der Waals surface area contributed by atoms with Gasteiger partial charge in [-0.05, 0) is 24.6 Å². The second-order valence-electron chi connectivity index (χ2n) is 6.29. The standard InChI is InChI=1S/C20H22N2O3/c1-15-12-18(13-20(24)21(15)2)25-17-10-11-22(14-17)19(23)9-8-16-6-4-3-5-7-16/h3-9,12-13,17H,10-11,14H2,1-2H3/b9-8+/t17-/m0/s1. The summed E-state index contributed by atoms with van der Waals surface area (Å²) in [5, 5.41) is 0. The van der Waals surface area contributed by atoms with Crippen molar-refractivity contribution in [1.82, 2.24) is 9.47 Å². The molecule has 5 nitrogen and oxygen atoms in total. The fraction of sp³-hybridized carbons (Fsp3) is 0.300. The van der Waals surface area contributed by atoms with Gasteiger partial charge in [0.2, 0.25) is 5.91 Å². The molecule has 2 aromatic rings. The lowest BCUT2D eigenvalue weighted by atomic mass is 10.2. The van der Waals surface area contributed by atoms with Crippen LogP contribution in [0, 0.1) is 6.92 Å². The second kappa shape index (κ2) is 7.38. The van der Waals surface area contributed by atoms with Crippen LogP contribution in [0.4, 0.5) is 0 Å². The molecule has 0 spiro atoms. The van der Waals surface area contributed by atoms with Crippen molar-refractivity contribution in [2.45, 2.75) is 19.4 Å². The number of benzene rings is 1. The molecule has 0 N–H and O–H groups in total. The molecule has 5 heteroatoms. The first kappa shape index (κ1) is 17.0. The number of aryl methyl sites for hydroxylation is 1. The SMILES string of the molecule is Cc1cc(O[C@H]2CCN(C(=O)/C=C/c3ccccc3)C2)cc(=O)n1C. The molecular weight excluding hydrogens is 316 g/mol. The van der Waals surface area contributed by atoms with E-state index in [1.807, 2.05) is 49.4 Å². The number of ether oxygens (including phenoxy) is 1. The summed E-state index contributed by atoms with van der Waals surface area (Å²) in [5.74, 6) is 0.551. The van der Waals surface area contributed by atoms with Crippen molar-refractivity contribution in [2.24, 2.45) is 7.05 Å². The fourth-order valence-electron chi connectivity index (χ4n) is 2.86. The minimum Gasteiger partial charge on any atom is -0.488 e. The summed E-state index contributed by atoms with van der Waals surface area (Å²) in [6, 6.07) is 13.1. The number of hydrogen-bond acceptors (Lipinski definition) is 3. The molecule has 1 aliphatic heterocycles. The Morgan fingerprint density at radius 3 is 2.72 bits per heavy atom. The Kier molecular flexibility index (Phi) is 5.03. The van der Waals surface area contributed by atoms with E-state index in [-0.39, 0.29) is 17.6 Å². The van der Waals surface area contributed by atoms with Crippen molar-refractivity contribution in [1.29, 1.82) is 0 Å². The molecule has 3 rings (SSSR count). The Morgan fingerprint density at radius 1 is 1.24 bits per heavy atom. The number of carbonyl (C=O) groups excluding carboxylic acids is 1. The molecule has 0 aliphatic carbocycles. The highest BCUT2D eigenvalue weighted by Crippen LogP contribution is 2.18. The Labute approximate surface area is 147 Å². The summed E-state index contributed by atoms with van der Waals surface area (Å²) in [7, 11) is 1.73. The number of aromatic nitrogens is 1. The normalized spacial score (nSPS) is 17.2. The molecule has 0 unspecified atom stereocenters. The van der Waals surface area contributed by atoms with Gasteiger partial charge < -0.3 is 14.2 Å². The van der Waals surface area contributed by atoms with Gasteiger partial charge in [0.1, 0.15) is 11.9 Å². The van der Waals surface area contributed by atoms with E-state index in [9.17, 15) is 9.59 Å². The lowest BCUT2D eigenvalue weighted by Crippen LogP contribution is -2.29. The van der Waals surface area contributed by atoms with Crippen LogP contribution in [0.25, 0.3) is 6.08 Å². The zero-order chi connectivity index (χ0) is 17.8. The Bertz CT molecular complexity index is 840. The highest BCUT2D eigenvalue weighted by atomic mass is 16.5. The van der Waals surface area contributed by atoms with Gasteiger partial charge in [0, 0.05) is 37.8 Å².